The number of thioether (sulfide) groups is 1. The molecule has 0 radical (unpaired) electrons. The predicted octanol–water partition coefficient (Wildman–Crippen LogP) is 5.85. The Bertz CT molecular complexity index is 1070. The summed E-state index contributed by atoms with van der Waals surface area (Å²) in [6.45, 7) is 1.82. The molecule has 0 bridgehead atoms. The summed E-state index contributed by atoms with van der Waals surface area (Å²) in [5.74, 6) is 1.65. The van der Waals surface area contributed by atoms with Gasteiger partial charge in [-0.2, -0.15) is 0 Å². The van der Waals surface area contributed by atoms with Gasteiger partial charge in [-0.3, -0.25) is 4.79 Å². The number of rotatable bonds is 6. The summed E-state index contributed by atoms with van der Waals surface area (Å²) in [5, 5.41) is 2.27. The van der Waals surface area contributed by atoms with Crippen molar-refractivity contribution >= 4 is 39.2 Å². The van der Waals surface area contributed by atoms with Crippen LogP contribution in [0.3, 0.4) is 0 Å². The number of aryl methyl sites for hydroxylation is 4. The molecule has 6 heteroatoms. The second kappa shape index (κ2) is 10.3. The van der Waals surface area contributed by atoms with Crippen molar-refractivity contribution in [3.8, 4) is 0 Å². The summed E-state index contributed by atoms with van der Waals surface area (Å²) in [6.07, 6.45) is 11.3. The van der Waals surface area contributed by atoms with Gasteiger partial charge in [-0.25, -0.2) is 9.97 Å². The van der Waals surface area contributed by atoms with E-state index in [1.165, 1.54) is 47.1 Å². The van der Waals surface area contributed by atoms with Crippen LogP contribution in [0.25, 0.3) is 10.2 Å². The van der Waals surface area contributed by atoms with Gasteiger partial charge in [-0.05, 0) is 56.1 Å². The van der Waals surface area contributed by atoms with E-state index >= 15 is 0 Å². The Kier molecular flexibility index (Phi) is 7.08. The van der Waals surface area contributed by atoms with Crippen molar-refractivity contribution in [1.82, 2.24) is 14.9 Å². The number of carbonyl (C=O) groups is 1. The topological polar surface area (TPSA) is 46.1 Å². The lowest BCUT2D eigenvalue weighted by molar-refractivity contribution is -0.128. The van der Waals surface area contributed by atoms with Crippen LogP contribution in [0.15, 0.2) is 35.4 Å². The number of likely N-dealkylation sites (tertiary alicyclic amines) is 1. The molecule has 0 atom stereocenters. The van der Waals surface area contributed by atoms with Gasteiger partial charge >= 0.3 is 0 Å². The van der Waals surface area contributed by atoms with Crippen molar-refractivity contribution in [1.29, 1.82) is 0 Å². The van der Waals surface area contributed by atoms with E-state index in [0.29, 0.717) is 5.75 Å². The fraction of sp³-hybridized carbons (Fsp3) is 0.500. The zero-order valence-corrected chi connectivity index (χ0v) is 20.3. The summed E-state index contributed by atoms with van der Waals surface area (Å²) >= 11 is 3.49. The lowest BCUT2D eigenvalue weighted by atomic mass is 9.97. The fourth-order valence-corrected chi connectivity index (χ4v) is 7.15. The van der Waals surface area contributed by atoms with Gasteiger partial charge in [0.1, 0.15) is 15.7 Å². The molecule has 0 saturated carbocycles. The van der Waals surface area contributed by atoms with Crippen LogP contribution in [0, 0.1) is 0 Å². The zero-order chi connectivity index (χ0) is 21.8. The molecule has 0 spiro atoms. The molecule has 3 aromatic rings. The summed E-state index contributed by atoms with van der Waals surface area (Å²) in [6, 6.07) is 10.6. The number of amides is 1. The van der Waals surface area contributed by atoms with Gasteiger partial charge in [-0.15, -0.1) is 11.3 Å². The van der Waals surface area contributed by atoms with Gasteiger partial charge in [0.25, 0.3) is 0 Å². The average molecular weight is 466 g/mol. The first kappa shape index (κ1) is 21.9. The van der Waals surface area contributed by atoms with E-state index in [4.69, 9.17) is 9.97 Å². The monoisotopic (exact) mass is 465 g/mol. The number of hydrogen-bond donors (Lipinski definition) is 0. The number of fused-ring (bicyclic) bond motifs is 3. The second-order valence-electron chi connectivity index (χ2n) is 8.91. The number of benzene rings is 1. The maximum absolute atomic E-state index is 12.9. The summed E-state index contributed by atoms with van der Waals surface area (Å²) < 4.78 is 0. The minimum Gasteiger partial charge on any atom is -0.342 e. The molecule has 2 aromatic heterocycles. The van der Waals surface area contributed by atoms with E-state index in [9.17, 15) is 4.79 Å². The van der Waals surface area contributed by atoms with Gasteiger partial charge in [0, 0.05) is 29.8 Å². The number of carbonyl (C=O) groups excluding carboxylic acids is 1. The van der Waals surface area contributed by atoms with Crippen LogP contribution < -0.4 is 0 Å². The highest BCUT2D eigenvalue weighted by atomic mass is 32.2. The highest BCUT2D eigenvalue weighted by Gasteiger charge is 2.23. The molecule has 0 unspecified atom stereocenters. The molecular formula is C26H31N3OS2. The van der Waals surface area contributed by atoms with E-state index in [-0.39, 0.29) is 5.91 Å². The molecule has 1 amide bonds. The lowest BCUT2D eigenvalue weighted by Crippen LogP contribution is -2.33. The Morgan fingerprint density at radius 2 is 1.72 bits per heavy atom. The van der Waals surface area contributed by atoms with Gasteiger partial charge in [0.15, 0.2) is 0 Å². The van der Waals surface area contributed by atoms with E-state index < -0.39 is 0 Å². The van der Waals surface area contributed by atoms with Crippen LogP contribution in [0.5, 0.6) is 0 Å². The first-order valence-electron chi connectivity index (χ1n) is 12.0. The van der Waals surface area contributed by atoms with Crippen molar-refractivity contribution in [2.75, 3.05) is 18.8 Å². The lowest BCUT2D eigenvalue weighted by Gasteiger charge is -2.20. The van der Waals surface area contributed by atoms with Crippen LogP contribution in [0.4, 0.5) is 0 Å². The molecule has 5 rings (SSSR count). The normalized spacial score (nSPS) is 16.7. The minimum absolute atomic E-state index is 0.263. The Balaban J connectivity index is 1.39. The maximum Gasteiger partial charge on any atom is 0.232 e. The maximum atomic E-state index is 12.9. The highest BCUT2D eigenvalue weighted by molar-refractivity contribution is 8.00. The molecule has 3 heterocycles. The van der Waals surface area contributed by atoms with Crippen LogP contribution in [0.1, 0.15) is 60.4 Å². The standard InChI is InChI=1S/C26H31N3OS2/c30-23(29-16-8-1-2-9-17-29)18-31-25-24-20-12-6-7-13-21(20)32-26(24)28-22(27-25)15-14-19-10-4-3-5-11-19/h3-5,10-11H,1-2,6-9,12-18H2. The second-order valence-corrected chi connectivity index (χ2v) is 11.0. The summed E-state index contributed by atoms with van der Waals surface area (Å²) in [7, 11) is 0. The molecule has 32 heavy (non-hydrogen) atoms. The van der Waals surface area contributed by atoms with Gasteiger partial charge in [-0.1, -0.05) is 54.9 Å². The van der Waals surface area contributed by atoms with Crippen LogP contribution in [0.2, 0.25) is 0 Å². The first-order chi connectivity index (χ1) is 15.8. The fourth-order valence-electron chi connectivity index (χ4n) is 4.82. The smallest absolute Gasteiger partial charge is 0.232 e. The Labute approximate surface area is 198 Å². The molecule has 2 aliphatic rings. The Hall–Kier alpha value is -1.92. The van der Waals surface area contributed by atoms with Gasteiger partial charge in [0.2, 0.25) is 5.91 Å². The Morgan fingerprint density at radius 1 is 0.938 bits per heavy atom. The van der Waals surface area contributed by atoms with E-state index in [1.807, 2.05) is 11.3 Å². The van der Waals surface area contributed by atoms with Crippen molar-refractivity contribution in [3.05, 3.63) is 52.2 Å². The van der Waals surface area contributed by atoms with Crippen LogP contribution in [-0.4, -0.2) is 39.6 Å². The summed E-state index contributed by atoms with van der Waals surface area (Å²) in [5.41, 5.74) is 2.77. The third kappa shape index (κ3) is 5.01. The van der Waals surface area contributed by atoms with Crippen LogP contribution >= 0.6 is 23.1 Å². The Morgan fingerprint density at radius 3 is 2.53 bits per heavy atom. The van der Waals surface area contributed by atoms with Crippen molar-refractivity contribution in [2.45, 2.75) is 69.2 Å². The van der Waals surface area contributed by atoms with E-state index in [1.54, 1.807) is 11.8 Å². The van der Waals surface area contributed by atoms with E-state index in [2.05, 4.69) is 35.2 Å². The largest absolute Gasteiger partial charge is 0.342 e. The third-order valence-corrected chi connectivity index (χ3v) is 8.74. The van der Waals surface area contributed by atoms with Crippen LogP contribution in [-0.2, 0) is 30.5 Å². The number of hydrogen-bond acceptors (Lipinski definition) is 5. The number of thiophene rings is 1. The molecule has 1 aliphatic carbocycles. The van der Waals surface area contributed by atoms with Gasteiger partial charge < -0.3 is 4.90 Å². The molecule has 1 aliphatic heterocycles. The quantitative estimate of drug-likeness (QED) is 0.338. The highest BCUT2D eigenvalue weighted by Crippen LogP contribution is 2.39. The van der Waals surface area contributed by atoms with Crippen molar-refractivity contribution in [2.24, 2.45) is 0 Å². The molecule has 4 nitrogen and oxygen atoms in total. The number of aromatic nitrogens is 2. The van der Waals surface area contributed by atoms with Crippen molar-refractivity contribution in [3.63, 3.8) is 0 Å². The zero-order valence-electron chi connectivity index (χ0n) is 18.6. The summed E-state index contributed by atoms with van der Waals surface area (Å²) in [4.78, 5) is 27.6. The van der Waals surface area contributed by atoms with Crippen molar-refractivity contribution < 1.29 is 4.79 Å². The molecular weight excluding hydrogens is 434 g/mol. The SMILES string of the molecule is O=C(CSc1nc(CCc2ccccc2)nc2sc3c(c12)CCCC3)N1CCCCCC1. The van der Waals surface area contributed by atoms with Gasteiger partial charge in [0.05, 0.1) is 5.75 Å². The minimum atomic E-state index is 0.263. The molecule has 1 fully saturated rings. The molecule has 168 valence electrons. The molecule has 0 N–H and O–H groups in total. The number of nitrogens with zero attached hydrogens (tertiary/aromatic N) is 3. The predicted molar refractivity (Wildman–Crippen MR) is 134 cm³/mol. The first-order valence-corrected chi connectivity index (χ1v) is 13.8. The third-order valence-electron chi connectivity index (χ3n) is 6.60. The molecule has 1 aromatic carbocycles. The average Bonchev–Trinajstić information content (AvgIpc) is 3.00. The molecule has 1 saturated heterocycles. The van der Waals surface area contributed by atoms with E-state index in [0.717, 1.165) is 67.3 Å².